The van der Waals surface area contributed by atoms with E-state index in [9.17, 15) is 24.9 Å². The average molecular weight is 595 g/mol. The van der Waals surface area contributed by atoms with Crippen molar-refractivity contribution in [3.63, 3.8) is 0 Å². The van der Waals surface area contributed by atoms with Gasteiger partial charge in [0.1, 0.15) is 0 Å². The molecule has 0 spiro atoms. The first-order valence-electron chi connectivity index (χ1n) is 17.5. The smallest absolute Gasteiger partial charge is 0.310 e. The van der Waals surface area contributed by atoms with Crippen molar-refractivity contribution < 1.29 is 30.0 Å². The van der Waals surface area contributed by atoms with E-state index >= 15 is 0 Å². The highest BCUT2D eigenvalue weighted by molar-refractivity contribution is 5.73. The van der Waals surface area contributed by atoms with Crippen molar-refractivity contribution in [2.24, 2.45) is 5.92 Å². The Balaban J connectivity index is 4.60. The highest BCUT2D eigenvalue weighted by Gasteiger charge is 2.22. The molecule has 6 heteroatoms. The number of carboxylic acids is 2. The third-order valence-corrected chi connectivity index (χ3v) is 8.22. The predicted octanol–water partition coefficient (Wildman–Crippen LogP) is 9.77. The van der Waals surface area contributed by atoms with Crippen LogP contribution in [0.25, 0.3) is 0 Å². The molecular weight excluding hydrogens is 528 g/mol. The number of rotatable bonds is 31. The van der Waals surface area contributed by atoms with Crippen LogP contribution >= 0.6 is 0 Å². The van der Waals surface area contributed by atoms with Crippen LogP contribution in [-0.4, -0.2) is 44.6 Å². The zero-order valence-electron chi connectivity index (χ0n) is 27.2. The lowest BCUT2D eigenvalue weighted by molar-refractivity contribution is -0.141. The van der Waals surface area contributed by atoms with Crippen molar-refractivity contribution in [3.05, 3.63) is 23.8 Å². The van der Waals surface area contributed by atoms with Gasteiger partial charge in [-0.3, -0.25) is 9.59 Å². The van der Waals surface area contributed by atoms with E-state index in [0.29, 0.717) is 19.3 Å². The molecule has 0 aromatic carbocycles. The van der Waals surface area contributed by atoms with Gasteiger partial charge in [-0.1, -0.05) is 128 Å². The maximum absolute atomic E-state index is 12.3. The molecule has 2 unspecified atom stereocenters. The quantitative estimate of drug-likeness (QED) is 0.0469. The Hall–Kier alpha value is -1.66. The second-order valence-electron chi connectivity index (χ2n) is 12.3. The van der Waals surface area contributed by atoms with E-state index in [1.54, 1.807) is 0 Å². The first kappa shape index (κ1) is 40.3. The molecule has 0 heterocycles. The molecule has 0 aliphatic heterocycles. The number of carboxylic acid groups (broad SMARTS) is 2. The molecule has 0 rings (SSSR count). The Morgan fingerprint density at radius 3 is 1.67 bits per heavy atom. The van der Waals surface area contributed by atoms with E-state index in [-0.39, 0.29) is 12.5 Å². The van der Waals surface area contributed by atoms with Crippen LogP contribution < -0.4 is 0 Å². The lowest BCUT2D eigenvalue weighted by atomic mass is 9.88. The fraction of sp³-hybridized carbons (Fsp3) is 0.833. The fourth-order valence-corrected chi connectivity index (χ4v) is 5.49. The van der Waals surface area contributed by atoms with E-state index in [0.717, 1.165) is 115 Å². The Morgan fingerprint density at radius 2 is 1.07 bits per heavy atom. The molecular formula is C36H66O6. The zero-order valence-corrected chi connectivity index (χ0v) is 27.2. The molecule has 6 nitrogen and oxygen atoms in total. The molecule has 0 aromatic heterocycles. The zero-order chi connectivity index (χ0) is 31.3. The van der Waals surface area contributed by atoms with Crippen molar-refractivity contribution in [3.8, 4) is 0 Å². The van der Waals surface area contributed by atoms with Crippen LogP contribution in [0.5, 0.6) is 0 Å². The minimum atomic E-state index is -0.767. The van der Waals surface area contributed by atoms with Gasteiger partial charge in [-0.2, -0.15) is 0 Å². The summed E-state index contributed by atoms with van der Waals surface area (Å²) in [6.07, 6.45) is 28.8. The van der Waals surface area contributed by atoms with Crippen LogP contribution in [0, 0.1) is 5.92 Å². The largest absolute Gasteiger partial charge is 0.481 e. The molecule has 3 atom stereocenters. The van der Waals surface area contributed by atoms with Crippen molar-refractivity contribution in [2.45, 2.75) is 187 Å². The highest BCUT2D eigenvalue weighted by atomic mass is 16.4. The van der Waals surface area contributed by atoms with Crippen LogP contribution in [0.2, 0.25) is 0 Å². The summed E-state index contributed by atoms with van der Waals surface area (Å²) in [6.45, 7) is 4.37. The Kier molecular flexibility index (Phi) is 28.3. The van der Waals surface area contributed by atoms with E-state index in [2.05, 4.69) is 26.0 Å². The second kappa shape index (κ2) is 29.4. The first-order chi connectivity index (χ1) is 20.3. The first-order valence-corrected chi connectivity index (χ1v) is 17.5. The van der Waals surface area contributed by atoms with Gasteiger partial charge in [0.25, 0.3) is 0 Å². The molecule has 0 saturated carbocycles. The van der Waals surface area contributed by atoms with Crippen molar-refractivity contribution >= 4 is 11.9 Å². The third kappa shape index (κ3) is 26.0. The number of carbonyl (C=O) groups is 2. The number of aliphatic hydroxyl groups is 2. The van der Waals surface area contributed by atoms with E-state index in [4.69, 9.17) is 5.11 Å². The molecule has 246 valence electrons. The molecule has 0 amide bonds. The van der Waals surface area contributed by atoms with Crippen LogP contribution in [0.15, 0.2) is 23.8 Å². The average Bonchev–Trinajstić information content (AvgIpc) is 2.95. The summed E-state index contributed by atoms with van der Waals surface area (Å²) in [7, 11) is 0. The predicted molar refractivity (Wildman–Crippen MR) is 175 cm³/mol. The van der Waals surface area contributed by atoms with Crippen molar-refractivity contribution in [1.29, 1.82) is 0 Å². The van der Waals surface area contributed by atoms with Crippen LogP contribution in [0.1, 0.15) is 174 Å². The second-order valence-corrected chi connectivity index (χ2v) is 12.3. The Morgan fingerprint density at radius 1 is 0.571 bits per heavy atom. The summed E-state index contributed by atoms with van der Waals surface area (Å²) in [5.41, 5.74) is 0.955. The summed E-state index contributed by atoms with van der Waals surface area (Å²) in [4.78, 5) is 23.0. The Labute approximate surface area is 258 Å². The number of allylic oxidation sites excluding steroid dienone is 1. The molecule has 0 fully saturated rings. The molecule has 0 aromatic rings. The summed E-state index contributed by atoms with van der Waals surface area (Å²) in [5, 5.41) is 39.4. The Bertz CT molecular complexity index is 701. The van der Waals surface area contributed by atoms with Crippen molar-refractivity contribution in [1.82, 2.24) is 0 Å². The fourth-order valence-electron chi connectivity index (χ4n) is 5.49. The number of aliphatic hydroxyl groups excluding tert-OH is 2. The van der Waals surface area contributed by atoms with Crippen molar-refractivity contribution in [2.75, 3.05) is 0 Å². The summed E-state index contributed by atoms with van der Waals surface area (Å²) in [6, 6.07) is 0. The molecule has 0 radical (unpaired) electrons. The minimum absolute atomic E-state index is 0.209. The van der Waals surface area contributed by atoms with Gasteiger partial charge in [0.05, 0.1) is 18.1 Å². The third-order valence-electron chi connectivity index (χ3n) is 8.22. The van der Waals surface area contributed by atoms with Gasteiger partial charge in [-0.25, -0.2) is 0 Å². The van der Waals surface area contributed by atoms with Crippen LogP contribution in [-0.2, 0) is 9.59 Å². The minimum Gasteiger partial charge on any atom is -0.481 e. The maximum Gasteiger partial charge on any atom is 0.310 e. The summed E-state index contributed by atoms with van der Waals surface area (Å²) >= 11 is 0. The van der Waals surface area contributed by atoms with Gasteiger partial charge in [-0.05, 0) is 64.2 Å². The van der Waals surface area contributed by atoms with Crippen LogP contribution in [0.3, 0.4) is 0 Å². The van der Waals surface area contributed by atoms with E-state index < -0.39 is 24.0 Å². The topological polar surface area (TPSA) is 115 Å². The van der Waals surface area contributed by atoms with Gasteiger partial charge in [-0.15, -0.1) is 0 Å². The monoisotopic (exact) mass is 594 g/mol. The molecule has 4 N–H and O–H groups in total. The van der Waals surface area contributed by atoms with Gasteiger partial charge in [0.2, 0.25) is 0 Å². The maximum atomic E-state index is 12.3. The van der Waals surface area contributed by atoms with Gasteiger partial charge < -0.3 is 20.4 Å². The highest BCUT2D eigenvalue weighted by Crippen LogP contribution is 2.26. The van der Waals surface area contributed by atoms with E-state index in [1.807, 2.05) is 6.08 Å². The summed E-state index contributed by atoms with van der Waals surface area (Å²) < 4.78 is 0. The molecule has 42 heavy (non-hydrogen) atoms. The number of unbranched alkanes of at least 4 members (excludes halogenated alkanes) is 14. The van der Waals surface area contributed by atoms with Gasteiger partial charge in [0, 0.05) is 6.42 Å². The summed E-state index contributed by atoms with van der Waals surface area (Å²) in [5.74, 6) is -2.02. The number of hydrogen-bond acceptors (Lipinski definition) is 4. The van der Waals surface area contributed by atoms with Gasteiger partial charge >= 0.3 is 11.9 Å². The molecule has 0 saturated heterocycles. The van der Waals surface area contributed by atoms with Crippen LogP contribution in [0.4, 0.5) is 0 Å². The molecule has 0 aliphatic rings. The normalized spacial score (nSPS) is 14.3. The number of aliphatic carboxylic acids is 2. The molecule has 0 aliphatic carbocycles. The lowest BCUT2D eigenvalue weighted by Crippen LogP contribution is -2.17. The standard InChI is InChI=1S/C36H66O6/c1-3-5-7-18-24-32(37)25-20-14-10-9-11-15-21-27-34(36(41)42)31(23-17-13-12-16-22-28-35(39)40)29-30-33(38)26-19-8-6-4-2/h14,20,29,32-34,37-38H,3-13,15-19,21-28,30H2,1-2H3,(H,39,40)(H,41,42)/t32-,33?,34?/m1/s1. The van der Waals surface area contributed by atoms with E-state index in [1.165, 1.54) is 25.7 Å². The SMILES string of the molecule is CCCCCCC(O)CC=C(CCCCCCCC(=O)O)C(CCCCCCC=CC[C@H](O)CCCCCC)C(=O)O. The molecule has 0 bridgehead atoms. The lowest BCUT2D eigenvalue weighted by Gasteiger charge is -2.18. The van der Waals surface area contributed by atoms with Gasteiger partial charge in [0.15, 0.2) is 0 Å². The number of hydrogen-bond donors (Lipinski definition) is 4.